The number of benzene rings is 2. The van der Waals surface area contributed by atoms with E-state index in [0.29, 0.717) is 22.3 Å². The summed E-state index contributed by atoms with van der Waals surface area (Å²) in [5.41, 5.74) is 2.95. The summed E-state index contributed by atoms with van der Waals surface area (Å²) in [5.74, 6) is -1.36. The average Bonchev–Trinajstić information content (AvgIpc) is 3.21. The third-order valence-corrected chi connectivity index (χ3v) is 5.58. The molecule has 8 heteroatoms. The maximum absolute atomic E-state index is 11.7. The summed E-state index contributed by atoms with van der Waals surface area (Å²) in [5, 5.41) is 6.71. The summed E-state index contributed by atoms with van der Waals surface area (Å²) in [6.07, 6.45) is 6.81. The fraction of sp³-hybridized carbons (Fsp3) is 0.304. The van der Waals surface area contributed by atoms with Gasteiger partial charge in [-0.05, 0) is 30.9 Å². The van der Waals surface area contributed by atoms with Crippen LogP contribution in [0.1, 0.15) is 79.1 Å². The zero-order valence-corrected chi connectivity index (χ0v) is 22.2. The van der Waals surface area contributed by atoms with Crippen molar-refractivity contribution in [2.24, 2.45) is 0 Å². The molecule has 0 saturated carbocycles. The fourth-order valence-electron chi connectivity index (χ4n) is 3.51. The topological polar surface area (TPSA) is 94.4 Å². The van der Waals surface area contributed by atoms with Crippen LogP contribution in [0, 0.1) is 0 Å². The van der Waals surface area contributed by atoms with Crippen molar-refractivity contribution in [2.75, 3.05) is 5.33 Å². The van der Waals surface area contributed by atoms with Gasteiger partial charge < -0.3 is 14.9 Å². The van der Waals surface area contributed by atoms with E-state index in [1.807, 2.05) is 12.1 Å². The van der Waals surface area contributed by atoms with Crippen LogP contribution in [0.2, 0.25) is 0 Å². The normalized spacial score (nSPS) is 13.5. The molecule has 156 valence electrons. The third-order valence-electron chi connectivity index (χ3n) is 5.02. The molecule has 0 unspecified atom stereocenters. The van der Waals surface area contributed by atoms with Gasteiger partial charge in [-0.3, -0.25) is 14.9 Å². The molecule has 0 aromatic heterocycles. The number of alkyl halides is 1. The number of unbranched alkanes of at least 4 members (excludes halogenated alkanes) is 4. The quantitative estimate of drug-likeness (QED) is 0.267. The van der Waals surface area contributed by atoms with Gasteiger partial charge in [0.25, 0.3) is 11.8 Å². The molecular weight excluding hydrogens is 487 g/mol. The van der Waals surface area contributed by atoms with Gasteiger partial charge in [-0.2, -0.15) is 0 Å². The largest absolute Gasteiger partial charge is 1.00 e. The number of amides is 4. The van der Waals surface area contributed by atoms with Gasteiger partial charge in [0.2, 0.25) is 0 Å². The van der Waals surface area contributed by atoms with Gasteiger partial charge in [-0.15, -0.1) is 0 Å². The Bertz CT molecular complexity index is 960. The smallest absolute Gasteiger partial charge is 0.587 e. The average molecular weight is 509 g/mol. The first kappa shape index (κ1) is 26.1. The molecule has 4 rings (SSSR count). The maximum Gasteiger partial charge on any atom is 1.00 e. The first-order valence-electron chi connectivity index (χ1n) is 9.96. The molecule has 0 saturated heterocycles. The second-order valence-corrected chi connectivity index (χ2v) is 7.89. The molecule has 4 amide bonds. The summed E-state index contributed by atoms with van der Waals surface area (Å²) in [6.45, 7) is 0. The summed E-state index contributed by atoms with van der Waals surface area (Å²) < 4.78 is 0. The summed E-state index contributed by atoms with van der Waals surface area (Å²) in [4.78, 5) is 45.1. The van der Waals surface area contributed by atoms with E-state index in [9.17, 15) is 19.2 Å². The van der Waals surface area contributed by atoms with Crippen molar-refractivity contribution in [3.8, 4) is 0 Å². The third kappa shape index (κ3) is 6.66. The molecule has 2 aromatic carbocycles. The van der Waals surface area contributed by atoms with Crippen LogP contribution >= 0.6 is 15.9 Å². The van der Waals surface area contributed by atoms with Crippen molar-refractivity contribution in [1.29, 1.82) is 0 Å². The molecule has 2 aliphatic rings. The van der Waals surface area contributed by atoms with E-state index in [2.05, 4.69) is 26.6 Å². The number of imide groups is 2. The molecule has 31 heavy (non-hydrogen) atoms. The number of carbonyl (C=O) groups excluding carboxylic acids is 4. The first-order valence-corrected chi connectivity index (χ1v) is 11.1. The standard InChI is InChI=1S/C15H18BrNO2.C8H5NO2.K/c16-10-5-3-1-2-4-7-11-8-6-9-12-13(11)15(19)17-14(12)18;10-7-5-3-1-2-4-6(5)8(11)9-7;/h6,8-9H,1-5,7,10H2,(H,17,18,19);1-4H,(H,9,10,11);/q;;+1/p-1. The van der Waals surface area contributed by atoms with Gasteiger partial charge in [0.15, 0.2) is 0 Å². The van der Waals surface area contributed by atoms with Crippen molar-refractivity contribution < 1.29 is 70.6 Å². The molecule has 0 fully saturated rings. The number of hydrogen-bond acceptors (Lipinski definition) is 4. The van der Waals surface area contributed by atoms with Crippen LogP contribution in [0.5, 0.6) is 0 Å². The molecule has 1 N–H and O–H groups in total. The molecule has 6 nitrogen and oxygen atoms in total. The summed E-state index contributed by atoms with van der Waals surface area (Å²) in [7, 11) is 0. The Hall–Kier alpha value is -1.16. The van der Waals surface area contributed by atoms with E-state index in [1.165, 1.54) is 25.7 Å². The second-order valence-electron chi connectivity index (χ2n) is 7.10. The zero-order valence-electron chi connectivity index (χ0n) is 17.4. The molecule has 0 aliphatic carbocycles. The van der Waals surface area contributed by atoms with Crippen molar-refractivity contribution in [3.05, 3.63) is 75.6 Å². The molecule has 2 heterocycles. The molecule has 0 radical (unpaired) electrons. The van der Waals surface area contributed by atoms with E-state index in [4.69, 9.17) is 0 Å². The van der Waals surface area contributed by atoms with Crippen molar-refractivity contribution >= 4 is 39.6 Å². The Balaban J connectivity index is 0.000000242. The molecular formula is C23H22BrKN2O4. The monoisotopic (exact) mass is 508 g/mol. The Labute approximate surface area is 232 Å². The van der Waals surface area contributed by atoms with Crippen molar-refractivity contribution in [1.82, 2.24) is 5.32 Å². The van der Waals surface area contributed by atoms with Gasteiger partial charge in [0.1, 0.15) is 0 Å². The predicted molar refractivity (Wildman–Crippen MR) is 117 cm³/mol. The minimum Gasteiger partial charge on any atom is -0.587 e. The Morgan fingerprint density at radius 1 is 0.710 bits per heavy atom. The number of fused-ring (bicyclic) bond motifs is 2. The molecule has 2 aromatic rings. The molecule has 2 aliphatic heterocycles. The number of hydrogen-bond donors (Lipinski definition) is 1. The van der Waals surface area contributed by atoms with Crippen LogP contribution in [0.3, 0.4) is 0 Å². The maximum atomic E-state index is 11.7. The van der Waals surface area contributed by atoms with Crippen molar-refractivity contribution in [2.45, 2.75) is 38.5 Å². The van der Waals surface area contributed by atoms with Crippen LogP contribution in [-0.2, 0) is 6.42 Å². The van der Waals surface area contributed by atoms with Gasteiger partial charge in [0, 0.05) is 16.5 Å². The number of aryl methyl sites for hydroxylation is 1. The van der Waals surface area contributed by atoms with Gasteiger partial charge in [0.05, 0.1) is 22.9 Å². The van der Waals surface area contributed by atoms with Crippen LogP contribution in [-0.4, -0.2) is 29.0 Å². The van der Waals surface area contributed by atoms with E-state index < -0.39 is 11.8 Å². The Kier molecular flexibility index (Phi) is 10.7. The number of rotatable bonds is 7. The van der Waals surface area contributed by atoms with Gasteiger partial charge in [-0.1, -0.05) is 71.6 Å². The second kappa shape index (κ2) is 12.8. The Morgan fingerprint density at radius 2 is 1.29 bits per heavy atom. The number of carbonyl (C=O) groups is 4. The van der Waals surface area contributed by atoms with Crippen LogP contribution in [0.4, 0.5) is 0 Å². The van der Waals surface area contributed by atoms with E-state index in [-0.39, 0.29) is 63.2 Å². The van der Waals surface area contributed by atoms with E-state index in [0.717, 1.165) is 23.7 Å². The minimum atomic E-state index is -0.425. The number of nitrogens with one attached hydrogen (secondary N) is 1. The summed E-state index contributed by atoms with van der Waals surface area (Å²) >= 11 is 3.42. The zero-order chi connectivity index (χ0) is 21.5. The van der Waals surface area contributed by atoms with E-state index in [1.54, 1.807) is 30.3 Å². The predicted octanol–water partition coefficient (Wildman–Crippen LogP) is 1.82. The van der Waals surface area contributed by atoms with Crippen molar-refractivity contribution in [3.63, 3.8) is 0 Å². The van der Waals surface area contributed by atoms with Gasteiger partial charge >= 0.3 is 51.4 Å². The SMILES string of the molecule is O=C1NC(=O)c2c(CCCCCCCBr)cccc21.O=C1[N-]C(=O)c2ccccc21.[K+]. The van der Waals surface area contributed by atoms with Gasteiger partial charge in [-0.25, -0.2) is 0 Å². The minimum absolute atomic E-state index is 0. The van der Waals surface area contributed by atoms with Crippen LogP contribution in [0.25, 0.3) is 5.32 Å². The number of nitrogens with zero attached hydrogens (tertiary/aromatic N) is 1. The first-order chi connectivity index (χ1) is 14.5. The molecule has 0 atom stereocenters. The fourth-order valence-corrected chi connectivity index (χ4v) is 3.90. The van der Waals surface area contributed by atoms with Crippen LogP contribution < -0.4 is 56.7 Å². The van der Waals surface area contributed by atoms with Crippen LogP contribution in [0.15, 0.2) is 42.5 Å². The molecule has 0 bridgehead atoms. The number of halogens is 1. The summed E-state index contributed by atoms with van der Waals surface area (Å²) in [6, 6.07) is 12.2. The molecule has 0 spiro atoms. The Morgan fingerprint density at radius 3 is 1.94 bits per heavy atom. The van der Waals surface area contributed by atoms with E-state index >= 15 is 0 Å².